The molecule has 0 spiro atoms. The van der Waals surface area contributed by atoms with Crippen LogP contribution in [0.25, 0.3) is 0 Å². The summed E-state index contributed by atoms with van der Waals surface area (Å²) in [6, 6.07) is 2.59. The van der Waals surface area contributed by atoms with Gasteiger partial charge in [-0.15, -0.1) is 0 Å². The van der Waals surface area contributed by atoms with Crippen LogP contribution in [0, 0.1) is 11.3 Å². The molecule has 1 saturated heterocycles. The Morgan fingerprint density at radius 2 is 2.00 bits per heavy atom. The molecule has 1 saturated carbocycles. The number of nitrogens with one attached hydrogen (secondary N) is 2. The highest BCUT2D eigenvalue weighted by atomic mass is 16.5. The summed E-state index contributed by atoms with van der Waals surface area (Å²) in [5.74, 6) is 1.09. The highest BCUT2D eigenvalue weighted by Gasteiger charge is 2.22. The summed E-state index contributed by atoms with van der Waals surface area (Å²) < 4.78 is 5.35. The van der Waals surface area contributed by atoms with Gasteiger partial charge in [-0.05, 0) is 38.5 Å². The maximum absolute atomic E-state index is 9.79. The number of aliphatic hydroxyl groups is 1. The molecule has 3 rings (SSSR count). The summed E-state index contributed by atoms with van der Waals surface area (Å²) in [5, 5.41) is 25.7. The molecule has 0 amide bonds. The fraction of sp³-hybridized carbons (Fsp3) is 0.688. The summed E-state index contributed by atoms with van der Waals surface area (Å²) in [6.07, 6.45) is 6.65. The van der Waals surface area contributed by atoms with Crippen LogP contribution in [-0.4, -0.2) is 46.5 Å². The zero-order chi connectivity index (χ0) is 16.1. The lowest BCUT2D eigenvalue weighted by Gasteiger charge is -2.27. The van der Waals surface area contributed by atoms with Gasteiger partial charge in [0.2, 0.25) is 5.95 Å². The summed E-state index contributed by atoms with van der Waals surface area (Å²) in [7, 11) is 0. The predicted molar refractivity (Wildman–Crippen MR) is 86.1 cm³/mol. The van der Waals surface area contributed by atoms with Gasteiger partial charge in [-0.25, -0.2) is 4.98 Å². The first kappa shape index (κ1) is 16.0. The van der Waals surface area contributed by atoms with E-state index in [4.69, 9.17) is 4.74 Å². The van der Waals surface area contributed by atoms with Gasteiger partial charge < -0.3 is 20.5 Å². The van der Waals surface area contributed by atoms with Gasteiger partial charge in [0, 0.05) is 25.3 Å². The Kier molecular flexibility index (Phi) is 5.26. The Hall–Kier alpha value is -1.91. The smallest absolute Gasteiger partial charge is 0.224 e. The monoisotopic (exact) mass is 317 g/mol. The largest absolute Gasteiger partial charge is 0.393 e. The molecule has 7 nitrogen and oxygen atoms in total. The van der Waals surface area contributed by atoms with Gasteiger partial charge in [0.25, 0.3) is 0 Å². The van der Waals surface area contributed by atoms with Crippen molar-refractivity contribution in [3.8, 4) is 6.07 Å². The topological polar surface area (TPSA) is 103 Å². The number of nitrogens with zero attached hydrogens (tertiary/aromatic N) is 3. The maximum Gasteiger partial charge on any atom is 0.224 e. The Bertz CT molecular complexity index is 568. The minimum atomic E-state index is -0.270. The number of aromatic nitrogens is 2. The molecule has 0 aromatic carbocycles. The first-order chi connectivity index (χ1) is 11.2. The molecular weight excluding hydrogens is 294 g/mol. The summed E-state index contributed by atoms with van der Waals surface area (Å²) >= 11 is 0. The number of rotatable bonds is 4. The van der Waals surface area contributed by atoms with Crippen molar-refractivity contribution in [3.63, 3.8) is 0 Å². The van der Waals surface area contributed by atoms with Crippen molar-refractivity contribution in [1.82, 2.24) is 9.97 Å². The van der Waals surface area contributed by atoms with E-state index in [0.717, 1.165) is 45.3 Å². The maximum atomic E-state index is 9.79. The van der Waals surface area contributed by atoms with Crippen LogP contribution in [0.2, 0.25) is 0 Å². The van der Waals surface area contributed by atoms with E-state index in [1.165, 1.54) is 0 Å². The van der Waals surface area contributed by atoms with Crippen LogP contribution in [0.3, 0.4) is 0 Å². The molecule has 7 heteroatoms. The summed E-state index contributed by atoms with van der Waals surface area (Å²) in [4.78, 5) is 8.72. The molecule has 2 aliphatic rings. The van der Waals surface area contributed by atoms with E-state index in [1.54, 1.807) is 6.20 Å². The molecule has 1 aromatic rings. The minimum absolute atomic E-state index is 0.150. The van der Waals surface area contributed by atoms with E-state index in [9.17, 15) is 10.4 Å². The van der Waals surface area contributed by atoms with Crippen LogP contribution < -0.4 is 10.6 Å². The second kappa shape index (κ2) is 7.57. The van der Waals surface area contributed by atoms with Crippen LogP contribution in [0.15, 0.2) is 6.20 Å². The Labute approximate surface area is 136 Å². The Morgan fingerprint density at radius 3 is 2.74 bits per heavy atom. The molecule has 124 valence electrons. The van der Waals surface area contributed by atoms with Crippen LogP contribution in [0.5, 0.6) is 0 Å². The second-order valence-corrected chi connectivity index (χ2v) is 6.26. The molecule has 2 atom stereocenters. The molecule has 23 heavy (non-hydrogen) atoms. The highest BCUT2D eigenvalue weighted by molar-refractivity contribution is 5.54. The van der Waals surface area contributed by atoms with Crippen molar-refractivity contribution < 1.29 is 9.84 Å². The first-order valence-corrected chi connectivity index (χ1v) is 8.30. The lowest BCUT2D eigenvalue weighted by Crippen LogP contribution is -2.31. The number of aliphatic hydroxyl groups excluding tert-OH is 1. The van der Waals surface area contributed by atoms with Crippen LogP contribution in [0.4, 0.5) is 11.8 Å². The van der Waals surface area contributed by atoms with Crippen molar-refractivity contribution >= 4 is 11.8 Å². The number of hydrogen-bond donors (Lipinski definition) is 3. The lowest BCUT2D eigenvalue weighted by atomic mass is 9.93. The molecule has 2 heterocycles. The second-order valence-electron chi connectivity index (χ2n) is 6.26. The molecule has 1 aliphatic carbocycles. The molecular formula is C16H23N5O2. The van der Waals surface area contributed by atoms with Gasteiger partial charge in [-0.1, -0.05) is 0 Å². The third-order valence-electron chi connectivity index (χ3n) is 4.45. The fourth-order valence-electron chi connectivity index (χ4n) is 3.16. The van der Waals surface area contributed by atoms with E-state index >= 15 is 0 Å². The van der Waals surface area contributed by atoms with Crippen molar-refractivity contribution in [1.29, 1.82) is 5.26 Å². The molecule has 1 aromatic heterocycles. The fourth-order valence-corrected chi connectivity index (χ4v) is 3.16. The number of ether oxygens (including phenoxy) is 1. The standard InChI is InChI=1S/C16H23N5O2/c17-9-11-10-18-16(20-12-4-6-23-7-5-12)21-15(11)19-13-2-1-3-14(22)8-13/h10,12-14,22H,1-8H2,(H2,18,19,20,21)/t13-,14+/m1/s1. The highest BCUT2D eigenvalue weighted by Crippen LogP contribution is 2.23. The molecule has 2 fully saturated rings. The Balaban J connectivity index is 1.69. The average Bonchev–Trinajstić information content (AvgIpc) is 2.56. The number of anilines is 2. The average molecular weight is 317 g/mol. The number of hydrogen-bond acceptors (Lipinski definition) is 7. The third-order valence-corrected chi connectivity index (χ3v) is 4.45. The normalized spacial score (nSPS) is 25.6. The quantitative estimate of drug-likeness (QED) is 0.776. The summed E-state index contributed by atoms with van der Waals surface area (Å²) in [6.45, 7) is 1.50. The zero-order valence-corrected chi connectivity index (χ0v) is 13.2. The predicted octanol–water partition coefficient (Wildman–Crippen LogP) is 1.65. The molecule has 0 radical (unpaired) electrons. The van der Waals surface area contributed by atoms with Crippen LogP contribution in [0.1, 0.15) is 44.1 Å². The molecule has 0 bridgehead atoms. The van der Waals surface area contributed by atoms with Crippen molar-refractivity contribution in [2.24, 2.45) is 0 Å². The molecule has 3 N–H and O–H groups in total. The Morgan fingerprint density at radius 1 is 1.17 bits per heavy atom. The SMILES string of the molecule is N#Cc1cnc(NC2CCOCC2)nc1N[C@@H]1CCC[C@H](O)C1. The van der Waals surface area contributed by atoms with Gasteiger partial charge in [-0.2, -0.15) is 10.2 Å². The first-order valence-electron chi connectivity index (χ1n) is 8.30. The molecule has 0 unspecified atom stereocenters. The van der Waals surface area contributed by atoms with E-state index in [1.807, 2.05) is 0 Å². The lowest BCUT2D eigenvalue weighted by molar-refractivity contribution is 0.0903. The van der Waals surface area contributed by atoms with Crippen molar-refractivity contribution in [3.05, 3.63) is 11.8 Å². The molecule has 1 aliphatic heterocycles. The van der Waals surface area contributed by atoms with Gasteiger partial charge in [0.15, 0.2) is 0 Å². The van der Waals surface area contributed by atoms with E-state index in [0.29, 0.717) is 29.8 Å². The van der Waals surface area contributed by atoms with E-state index < -0.39 is 0 Å². The summed E-state index contributed by atoms with van der Waals surface area (Å²) in [5.41, 5.74) is 0.433. The van der Waals surface area contributed by atoms with Crippen molar-refractivity contribution in [2.75, 3.05) is 23.8 Å². The van der Waals surface area contributed by atoms with E-state index in [2.05, 4.69) is 26.7 Å². The van der Waals surface area contributed by atoms with Gasteiger partial charge in [0.1, 0.15) is 17.5 Å². The van der Waals surface area contributed by atoms with Gasteiger partial charge >= 0.3 is 0 Å². The van der Waals surface area contributed by atoms with Gasteiger partial charge in [0.05, 0.1) is 12.3 Å². The van der Waals surface area contributed by atoms with Crippen LogP contribution in [-0.2, 0) is 4.74 Å². The number of nitriles is 1. The van der Waals surface area contributed by atoms with Gasteiger partial charge in [-0.3, -0.25) is 0 Å². The minimum Gasteiger partial charge on any atom is -0.393 e. The third kappa shape index (κ3) is 4.30. The van der Waals surface area contributed by atoms with Crippen LogP contribution >= 0.6 is 0 Å². The zero-order valence-electron chi connectivity index (χ0n) is 13.2. The van der Waals surface area contributed by atoms with E-state index in [-0.39, 0.29) is 12.1 Å². The van der Waals surface area contributed by atoms with Crippen molar-refractivity contribution in [2.45, 2.75) is 56.7 Å².